The highest BCUT2D eigenvalue weighted by atomic mass is 79.9. The van der Waals surface area contributed by atoms with Crippen LogP contribution in [0, 0.1) is 5.92 Å². The number of hydrogen-bond donors (Lipinski definition) is 2. The highest BCUT2D eigenvalue weighted by Gasteiger charge is 2.25. The van der Waals surface area contributed by atoms with Crippen molar-refractivity contribution < 1.29 is 9.59 Å². The SMILES string of the molecule is O=Cc1ccc(N2CCC(C(=O)Nc3[nH]ncc3Br)CC2)cc1. The molecular formula is C16H17BrN4O2. The van der Waals surface area contributed by atoms with E-state index >= 15 is 0 Å². The van der Waals surface area contributed by atoms with Gasteiger partial charge in [0.2, 0.25) is 5.91 Å². The number of anilines is 2. The topological polar surface area (TPSA) is 78.1 Å². The van der Waals surface area contributed by atoms with Crippen molar-refractivity contribution in [3.05, 3.63) is 40.5 Å². The van der Waals surface area contributed by atoms with E-state index < -0.39 is 0 Å². The Balaban J connectivity index is 1.56. The lowest BCUT2D eigenvalue weighted by atomic mass is 9.95. The minimum atomic E-state index is -0.00398. The second-order valence-electron chi connectivity index (χ2n) is 5.55. The standard InChI is InChI=1S/C16H17BrN4O2/c17-14-9-18-20-15(14)19-16(23)12-5-7-21(8-6-12)13-3-1-11(10-22)2-4-13/h1-4,9-10,12H,5-8H2,(H2,18,19,20,23). The number of carbonyl (C=O) groups excluding carboxylic acids is 2. The predicted molar refractivity (Wildman–Crippen MR) is 91.7 cm³/mol. The Labute approximate surface area is 142 Å². The fourth-order valence-corrected chi connectivity index (χ4v) is 3.04. The summed E-state index contributed by atoms with van der Waals surface area (Å²) in [7, 11) is 0. The number of piperidine rings is 1. The number of hydrogen-bond acceptors (Lipinski definition) is 4. The van der Waals surface area contributed by atoms with E-state index in [-0.39, 0.29) is 11.8 Å². The molecule has 0 unspecified atom stereocenters. The number of nitrogens with one attached hydrogen (secondary N) is 2. The zero-order valence-electron chi connectivity index (χ0n) is 12.5. The first kappa shape index (κ1) is 15.7. The molecule has 0 aliphatic carbocycles. The molecule has 1 amide bonds. The molecule has 7 heteroatoms. The van der Waals surface area contributed by atoms with Crippen LogP contribution in [-0.2, 0) is 4.79 Å². The smallest absolute Gasteiger partial charge is 0.228 e. The third-order valence-corrected chi connectivity index (χ3v) is 4.70. The maximum atomic E-state index is 12.3. The molecule has 1 aliphatic rings. The Hall–Kier alpha value is -2.15. The van der Waals surface area contributed by atoms with Crippen molar-refractivity contribution in [3.8, 4) is 0 Å². The number of rotatable bonds is 4. The minimum Gasteiger partial charge on any atom is -0.371 e. The van der Waals surface area contributed by atoms with Crippen LogP contribution in [0.15, 0.2) is 34.9 Å². The molecule has 2 aromatic rings. The van der Waals surface area contributed by atoms with Gasteiger partial charge in [0, 0.05) is 30.3 Å². The van der Waals surface area contributed by atoms with Gasteiger partial charge in [-0.25, -0.2) is 0 Å². The van der Waals surface area contributed by atoms with Crippen LogP contribution >= 0.6 is 15.9 Å². The number of carbonyl (C=O) groups is 2. The second kappa shape index (κ2) is 6.95. The fraction of sp³-hybridized carbons (Fsp3) is 0.312. The van der Waals surface area contributed by atoms with E-state index in [1.165, 1.54) is 0 Å². The number of H-pyrrole nitrogens is 1. The molecular weight excluding hydrogens is 360 g/mol. The van der Waals surface area contributed by atoms with Crippen molar-refractivity contribution in [2.75, 3.05) is 23.3 Å². The number of aromatic amines is 1. The quantitative estimate of drug-likeness (QED) is 0.804. The molecule has 0 bridgehead atoms. The van der Waals surface area contributed by atoms with E-state index in [1.807, 2.05) is 24.3 Å². The van der Waals surface area contributed by atoms with Crippen LogP contribution in [-0.4, -0.2) is 35.5 Å². The summed E-state index contributed by atoms with van der Waals surface area (Å²) in [4.78, 5) is 25.2. The van der Waals surface area contributed by atoms with E-state index in [0.29, 0.717) is 11.4 Å². The fourth-order valence-electron chi connectivity index (χ4n) is 2.75. The Morgan fingerprint density at radius 2 is 2.00 bits per heavy atom. The normalized spacial score (nSPS) is 15.4. The summed E-state index contributed by atoms with van der Waals surface area (Å²) in [5.74, 6) is 0.614. The molecule has 1 saturated heterocycles. The lowest BCUT2D eigenvalue weighted by Crippen LogP contribution is -2.38. The highest BCUT2D eigenvalue weighted by Crippen LogP contribution is 2.25. The molecule has 2 N–H and O–H groups in total. The van der Waals surface area contributed by atoms with Gasteiger partial charge in [0.1, 0.15) is 12.1 Å². The molecule has 1 fully saturated rings. The first-order valence-corrected chi connectivity index (χ1v) is 8.26. The summed E-state index contributed by atoms with van der Waals surface area (Å²) in [6.45, 7) is 1.64. The van der Waals surface area contributed by atoms with Crippen molar-refractivity contribution in [1.29, 1.82) is 0 Å². The number of aromatic nitrogens is 2. The number of nitrogens with zero attached hydrogens (tertiary/aromatic N) is 2. The summed E-state index contributed by atoms with van der Waals surface area (Å²) in [5, 5.41) is 9.49. The van der Waals surface area contributed by atoms with Crippen LogP contribution in [0.5, 0.6) is 0 Å². The van der Waals surface area contributed by atoms with Crippen molar-refractivity contribution in [2.24, 2.45) is 5.92 Å². The maximum Gasteiger partial charge on any atom is 0.228 e. The van der Waals surface area contributed by atoms with Crippen molar-refractivity contribution in [3.63, 3.8) is 0 Å². The van der Waals surface area contributed by atoms with E-state index in [9.17, 15) is 9.59 Å². The van der Waals surface area contributed by atoms with Crippen LogP contribution in [0.3, 0.4) is 0 Å². The van der Waals surface area contributed by atoms with Crippen LogP contribution in [0.2, 0.25) is 0 Å². The first-order chi connectivity index (χ1) is 11.2. The summed E-state index contributed by atoms with van der Waals surface area (Å²) < 4.78 is 0.749. The van der Waals surface area contributed by atoms with Gasteiger partial charge in [-0.15, -0.1) is 0 Å². The molecule has 0 radical (unpaired) electrons. The molecule has 1 aromatic heterocycles. The van der Waals surface area contributed by atoms with Gasteiger partial charge < -0.3 is 10.2 Å². The second-order valence-corrected chi connectivity index (χ2v) is 6.41. The predicted octanol–water partition coefficient (Wildman–Crippen LogP) is 2.84. The number of aldehydes is 1. The average molecular weight is 377 g/mol. The van der Waals surface area contributed by atoms with Crippen LogP contribution < -0.4 is 10.2 Å². The lowest BCUT2D eigenvalue weighted by molar-refractivity contribution is -0.120. The molecule has 1 aromatic carbocycles. The molecule has 0 saturated carbocycles. The van der Waals surface area contributed by atoms with Crippen LogP contribution in [0.4, 0.5) is 11.5 Å². The van der Waals surface area contributed by atoms with Gasteiger partial charge in [-0.05, 0) is 53.0 Å². The largest absolute Gasteiger partial charge is 0.371 e. The van der Waals surface area contributed by atoms with Gasteiger partial charge in [-0.3, -0.25) is 14.7 Å². The van der Waals surface area contributed by atoms with Crippen molar-refractivity contribution in [2.45, 2.75) is 12.8 Å². The summed E-state index contributed by atoms with van der Waals surface area (Å²) >= 11 is 3.33. The monoisotopic (exact) mass is 376 g/mol. The number of amides is 1. The van der Waals surface area contributed by atoms with E-state index in [2.05, 4.69) is 36.3 Å². The van der Waals surface area contributed by atoms with E-state index in [0.717, 1.165) is 42.4 Å². The van der Waals surface area contributed by atoms with Gasteiger partial charge >= 0.3 is 0 Å². The van der Waals surface area contributed by atoms with Crippen molar-refractivity contribution in [1.82, 2.24) is 10.2 Å². The molecule has 1 aliphatic heterocycles. The highest BCUT2D eigenvalue weighted by molar-refractivity contribution is 9.10. The Bertz CT molecular complexity index is 690. The lowest BCUT2D eigenvalue weighted by Gasteiger charge is -2.33. The first-order valence-electron chi connectivity index (χ1n) is 7.47. The van der Waals surface area contributed by atoms with E-state index in [4.69, 9.17) is 0 Å². The van der Waals surface area contributed by atoms with Crippen LogP contribution in [0.1, 0.15) is 23.2 Å². The number of halogens is 1. The third-order valence-electron chi connectivity index (χ3n) is 4.10. The average Bonchev–Trinajstić information content (AvgIpc) is 3.00. The van der Waals surface area contributed by atoms with E-state index in [1.54, 1.807) is 6.20 Å². The zero-order chi connectivity index (χ0) is 16.2. The maximum absolute atomic E-state index is 12.3. The Morgan fingerprint density at radius 1 is 1.30 bits per heavy atom. The van der Waals surface area contributed by atoms with Gasteiger partial charge in [0.05, 0.1) is 10.7 Å². The summed E-state index contributed by atoms with van der Waals surface area (Å²) in [6.07, 6.45) is 4.05. The molecule has 0 atom stereocenters. The van der Waals surface area contributed by atoms with Gasteiger partial charge in [-0.1, -0.05) is 0 Å². The van der Waals surface area contributed by atoms with Gasteiger partial charge in [0.15, 0.2) is 0 Å². The molecule has 6 nitrogen and oxygen atoms in total. The third kappa shape index (κ3) is 3.61. The Morgan fingerprint density at radius 3 is 2.57 bits per heavy atom. The minimum absolute atomic E-state index is 0.00398. The number of benzene rings is 1. The molecule has 120 valence electrons. The van der Waals surface area contributed by atoms with Crippen LogP contribution in [0.25, 0.3) is 0 Å². The van der Waals surface area contributed by atoms with Gasteiger partial charge in [-0.2, -0.15) is 5.10 Å². The molecule has 3 rings (SSSR count). The van der Waals surface area contributed by atoms with Crippen molar-refractivity contribution >= 4 is 39.6 Å². The Kier molecular flexibility index (Phi) is 4.76. The molecule has 23 heavy (non-hydrogen) atoms. The molecule has 0 spiro atoms. The summed E-state index contributed by atoms with van der Waals surface area (Å²) in [5.41, 5.74) is 1.76. The zero-order valence-corrected chi connectivity index (χ0v) is 14.0. The van der Waals surface area contributed by atoms with Gasteiger partial charge in [0.25, 0.3) is 0 Å². The molecule has 2 heterocycles. The summed E-state index contributed by atoms with van der Waals surface area (Å²) in [6, 6.07) is 7.53.